The molecule has 1 aromatic heterocycles. The van der Waals surface area contributed by atoms with Gasteiger partial charge in [-0.05, 0) is 24.3 Å². The second kappa shape index (κ2) is 4.87. The van der Waals surface area contributed by atoms with Gasteiger partial charge in [0.2, 0.25) is 0 Å². The number of aryl methyl sites for hydroxylation is 1. The minimum absolute atomic E-state index is 0.105. The minimum Gasteiger partial charge on any atom is -0.397 e. The SMILES string of the molecule is Cn1ccc(C(=O)Nc2ccc(C(F)(F)F)cc2N)n1. The van der Waals surface area contributed by atoms with Gasteiger partial charge in [-0.2, -0.15) is 18.3 Å². The van der Waals surface area contributed by atoms with Crippen LogP contribution in [0.15, 0.2) is 30.5 Å². The minimum atomic E-state index is -4.47. The van der Waals surface area contributed by atoms with Crippen molar-refractivity contribution in [3.63, 3.8) is 0 Å². The number of benzene rings is 1. The maximum atomic E-state index is 12.5. The van der Waals surface area contributed by atoms with Gasteiger partial charge < -0.3 is 11.1 Å². The lowest BCUT2D eigenvalue weighted by molar-refractivity contribution is -0.137. The number of halogens is 3. The highest BCUT2D eigenvalue weighted by Crippen LogP contribution is 2.32. The number of rotatable bonds is 2. The van der Waals surface area contributed by atoms with Crippen molar-refractivity contribution < 1.29 is 18.0 Å². The fourth-order valence-electron chi connectivity index (χ4n) is 1.58. The number of hydrogen-bond acceptors (Lipinski definition) is 3. The predicted molar refractivity (Wildman–Crippen MR) is 67.0 cm³/mol. The number of nitrogens with two attached hydrogens (primary N) is 1. The number of alkyl halides is 3. The molecule has 0 atom stereocenters. The second-order valence-corrected chi connectivity index (χ2v) is 4.13. The van der Waals surface area contributed by atoms with Crippen molar-refractivity contribution >= 4 is 17.3 Å². The van der Waals surface area contributed by atoms with Crippen LogP contribution < -0.4 is 11.1 Å². The normalized spacial score (nSPS) is 11.4. The number of anilines is 2. The van der Waals surface area contributed by atoms with Crippen LogP contribution in [0.2, 0.25) is 0 Å². The number of nitrogen functional groups attached to an aromatic ring is 1. The van der Waals surface area contributed by atoms with E-state index in [1.165, 1.54) is 10.7 Å². The molecule has 2 rings (SSSR count). The van der Waals surface area contributed by atoms with E-state index in [9.17, 15) is 18.0 Å². The Morgan fingerprint density at radius 1 is 1.35 bits per heavy atom. The van der Waals surface area contributed by atoms with Crippen LogP contribution in [-0.4, -0.2) is 15.7 Å². The van der Waals surface area contributed by atoms with Gasteiger partial charge in [-0.1, -0.05) is 0 Å². The summed E-state index contributed by atoms with van der Waals surface area (Å²) in [5.41, 5.74) is 4.73. The van der Waals surface area contributed by atoms with Crippen molar-refractivity contribution in [2.24, 2.45) is 7.05 Å². The molecular formula is C12H11F3N4O. The lowest BCUT2D eigenvalue weighted by Crippen LogP contribution is -2.15. The standard InChI is InChI=1S/C12H11F3N4O/c1-19-5-4-10(18-19)11(20)17-9-3-2-7(6-8(9)16)12(13,14)15/h2-6H,16H2,1H3,(H,17,20). The third-order valence-electron chi connectivity index (χ3n) is 2.57. The van der Waals surface area contributed by atoms with Crippen LogP contribution in [0.5, 0.6) is 0 Å². The van der Waals surface area contributed by atoms with E-state index in [0.717, 1.165) is 18.2 Å². The fourth-order valence-corrected chi connectivity index (χ4v) is 1.58. The molecule has 0 spiro atoms. The van der Waals surface area contributed by atoms with Gasteiger partial charge in [0, 0.05) is 13.2 Å². The first-order chi connectivity index (χ1) is 9.27. The van der Waals surface area contributed by atoms with Crippen molar-refractivity contribution in [3.05, 3.63) is 41.7 Å². The number of carbonyl (C=O) groups excluding carboxylic acids is 1. The number of nitrogens with one attached hydrogen (secondary N) is 1. The van der Waals surface area contributed by atoms with Crippen LogP contribution in [0.3, 0.4) is 0 Å². The van der Waals surface area contributed by atoms with E-state index in [1.54, 1.807) is 13.2 Å². The zero-order valence-electron chi connectivity index (χ0n) is 10.4. The summed E-state index contributed by atoms with van der Waals surface area (Å²) in [6.45, 7) is 0. The number of aromatic nitrogens is 2. The van der Waals surface area contributed by atoms with Crippen molar-refractivity contribution in [2.75, 3.05) is 11.1 Å². The highest BCUT2D eigenvalue weighted by atomic mass is 19.4. The molecule has 0 unspecified atom stereocenters. The van der Waals surface area contributed by atoms with Crippen LogP contribution in [0, 0.1) is 0 Å². The van der Waals surface area contributed by atoms with Gasteiger partial charge in [0.15, 0.2) is 5.69 Å². The highest BCUT2D eigenvalue weighted by Gasteiger charge is 2.30. The molecule has 0 bridgehead atoms. The molecule has 1 amide bonds. The van der Waals surface area contributed by atoms with Crippen molar-refractivity contribution in [1.29, 1.82) is 0 Å². The Kier molecular flexibility index (Phi) is 3.39. The first-order valence-electron chi connectivity index (χ1n) is 5.55. The van der Waals surface area contributed by atoms with Crippen LogP contribution in [0.1, 0.15) is 16.1 Å². The molecule has 20 heavy (non-hydrogen) atoms. The Hall–Kier alpha value is -2.51. The summed E-state index contributed by atoms with van der Waals surface area (Å²) in [7, 11) is 1.64. The van der Waals surface area contributed by atoms with E-state index >= 15 is 0 Å². The molecule has 0 saturated carbocycles. The van der Waals surface area contributed by atoms with Gasteiger partial charge in [-0.25, -0.2) is 0 Å². The smallest absolute Gasteiger partial charge is 0.397 e. The Balaban J connectivity index is 2.20. The van der Waals surface area contributed by atoms with E-state index in [-0.39, 0.29) is 17.1 Å². The van der Waals surface area contributed by atoms with Gasteiger partial charge in [0.1, 0.15) is 0 Å². The van der Waals surface area contributed by atoms with Crippen molar-refractivity contribution in [3.8, 4) is 0 Å². The maximum absolute atomic E-state index is 12.5. The molecule has 0 saturated heterocycles. The van der Waals surface area contributed by atoms with Crippen LogP contribution >= 0.6 is 0 Å². The average Bonchev–Trinajstić information content (AvgIpc) is 2.77. The molecule has 2 aromatic rings. The summed E-state index contributed by atoms with van der Waals surface area (Å²) in [6.07, 6.45) is -2.90. The first kappa shape index (κ1) is 13.9. The Labute approximate surface area is 112 Å². The quantitative estimate of drug-likeness (QED) is 0.831. The number of amides is 1. The fraction of sp³-hybridized carbons (Fsp3) is 0.167. The largest absolute Gasteiger partial charge is 0.416 e. The Morgan fingerprint density at radius 2 is 2.05 bits per heavy atom. The van der Waals surface area contributed by atoms with Crippen LogP contribution in [-0.2, 0) is 13.2 Å². The lowest BCUT2D eigenvalue weighted by Gasteiger charge is -2.11. The molecule has 5 nitrogen and oxygen atoms in total. The molecule has 1 aromatic carbocycles. The van der Waals surface area contributed by atoms with Gasteiger partial charge in [-0.15, -0.1) is 0 Å². The van der Waals surface area contributed by atoms with Gasteiger partial charge in [-0.3, -0.25) is 9.48 Å². The number of hydrogen-bond donors (Lipinski definition) is 2. The van der Waals surface area contributed by atoms with E-state index < -0.39 is 17.6 Å². The first-order valence-corrected chi connectivity index (χ1v) is 5.55. The summed E-state index contributed by atoms with van der Waals surface area (Å²) in [5, 5.41) is 6.29. The van der Waals surface area contributed by atoms with Crippen molar-refractivity contribution in [2.45, 2.75) is 6.18 Å². The third-order valence-corrected chi connectivity index (χ3v) is 2.57. The Morgan fingerprint density at radius 3 is 2.55 bits per heavy atom. The number of nitrogens with zero attached hydrogens (tertiary/aromatic N) is 2. The summed E-state index contributed by atoms with van der Waals surface area (Å²) < 4.78 is 38.9. The molecule has 0 aliphatic rings. The van der Waals surface area contributed by atoms with E-state index in [4.69, 9.17) is 5.73 Å². The zero-order chi connectivity index (χ0) is 14.9. The molecule has 3 N–H and O–H groups in total. The molecule has 1 heterocycles. The van der Waals surface area contributed by atoms with E-state index in [1.807, 2.05) is 0 Å². The predicted octanol–water partition coefficient (Wildman–Crippen LogP) is 2.27. The molecular weight excluding hydrogens is 273 g/mol. The summed E-state index contributed by atoms with van der Waals surface area (Å²) in [4.78, 5) is 11.8. The molecule has 0 aliphatic carbocycles. The molecule has 0 radical (unpaired) electrons. The molecule has 0 fully saturated rings. The summed E-state index contributed by atoms with van der Waals surface area (Å²) in [5.74, 6) is -0.544. The van der Waals surface area contributed by atoms with E-state index in [0.29, 0.717) is 0 Å². The third kappa shape index (κ3) is 2.90. The molecule has 8 heteroatoms. The maximum Gasteiger partial charge on any atom is 0.416 e. The molecule has 0 aliphatic heterocycles. The zero-order valence-corrected chi connectivity index (χ0v) is 10.4. The lowest BCUT2D eigenvalue weighted by atomic mass is 10.1. The van der Waals surface area contributed by atoms with Crippen molar-refractivity contribution in [1.82, 2.24) is 9.78 Å². The van der Waals surface area contributed by atoms with Gasteiger partial charge in [0.05, 0.1) is 16.9 Å². The average molecular weight is 284 g/mol. The summed E-state index contributed by atoms with van der Waals surface area (Å²) in [6, 6.07) is 4.22. The van der Waals surface area contributed by atoms with Crippen LogP contribution in [0.25, 0.3) is 0 Å². The summed E-state index contributed by atoms with van der Waals surface area (Å²) >= 11 is 0. The topological polar surface area (TPSA) is 72.9 Å². The van der Waals surface area contributed by atoms with Gasteiger partial charge >= 0.3 is 6.18 Å². The van der Waals surface area contributed by atoms with Gasteiger partial charge in [0.25, 0.3) is 5.91 Å². The Bertz CT molecular complexity index is 648. The highest BCUT2D eigenvalue weighted by molar-refractivity contribution is 6.04. The number of carbonyl (C=O) groups is 1. The second-order valence-electron chi connectivity index (χ2n) is 4.13. The monoisotopic (exact) mass is 284 g/mol. The van der Waals surface area contributed by atoms with E-state index in [2.05, 4.69) is 10.4 Å². The van der Waals surface area contributed by atoms with Crippen LogP contribution in [0.4, 0.5) is 24.5 Å². The molecule has 106 valence electrons.